The lowest BCUT2D eigenvalue weighted by molar-refractivity contribution is 0.152. The monoisotopic (exact) mass is 177 g/mol. The highest BCUT2D eigenvalue weighted by molar-refractivity contribution is 5.22. The van der Waals surface area contributed by atoms with Gasteiger partial charge in [-0.25, -0.2) is 0 Å². The van der Waals surface area contributed by atoms with Crippen molar-refractivity contribution in [2.75, 3.05) is 13.2 Å². The summed E-state index contributed by atoms with van der Waals surface area (Å²) in [6.45, 7) is 3.77. The SMILES string of the molecule is CCCCOC[CH]c1ccccc1. The van der Waals surface area contributed by atoms with Gasteiger partial charge < -0.3 is 4.74 Å². The molecule has 0 saturated carbocycles. The third kappa shape index (κ3) is 4.69. The first-order chi connectivity index (χ1) is 6.43. The molecular weight excluding hydrogens is 160 g/mol. The van der Waals surface area contributed by atoms with Crippen LogP contribution >= 0.6 is 0 Å². The number of hydrogen-bond acceptors (Lipinski definition) is 1. The molecule has 1 aromatic carbocycles. The molecule has 0 spiro atoms. The van der Waals surface area contributed by atoms with E-state index in [0.29, 0.717) is 0 Å². The average molecular weight is 177 g/mol. The van der Waals surface area contributed by atoms with Crippen LogP contribution in [-0.2, 0) is 4.74 Å². The molecule has 0 amide bonds. The quantitative estimate of drug-likeness (QED) is 0.607. The van der Waals surface area contributed by atoms with E-state index in [4.69, 9.17) is 4.74 Å². The van der Waals surface area contributed by atoms with Gasteiger partial charge in [0.25, 0.3) is 0 Å². The lowest BCUT2D eigenvalue weighted by atomic mass is 10.2. The van der Waals surface area contributed by atoms with Gasteiger partial charge in [0.1, 0.15) is 0 Å². The largest absolute Gasteiger partial charge is 0.381 e. The van der Waals surface area contributed by atoms with Crippen LogP contribution in [0.5, 0.6) is 0 Å². The van der Waals surface area contributed by atoms with Crippen molar-refractivity contribution >= 4 is 0 Å². The summed E-state index contributed by atoms with van der Waals surface area (Å²) in [6, 6.07) is 10.3. The van der Waals surface area contributed by atoms with E-state index < -0.39 is 0 Å². The van der Waals surface area contributed by atoms with Crippen LogP contribution < -0.4 is 0 Å². The van der Waals surface area contributed by atoms with Crippen molar-refractivity contribution in [2.24, 2.45) is 0 Å². The van der Waals surface area contributed by atoms with Crippen molar-refractivity contribution in [1.82, 2.24) is 0 Å². The molecule has 0 N–H and O–H groups in total. The standard InChI is InChI=1S/C12H17O/c1-2-3-10-13-11-9-12-7-5-4-6-8-12/h4-9H,2-3,10-11H2,1H3. The minimum absolute atomic E-state index is 0.726. The molecule has 0 atom stereocenters. The summed E-state index contributed by atoms with van der Waals surface area (Å²) in [5, 5.41) is 0. The fraction of sp³-hybridized carbons (Fsp3) is 0.417. The number of unbranched alkanes of at least 4 members (excludes halogenated alkanes) is 1. The molecular formula is C12H17O. The third-order valence-electron chi connectivity index (χ3n) is 1.88. The van der Waals surface area contributed by atoms with E-state index in [0.717, 1.165) is 19.6 Å². The maximum Gasteiger partial charge on any atom is 0.0541 e. The Bertz CT molecular complexity index is 206. The zero-order valence-electron chi connectivity index (χ0n) is 8.20. The molecule has 0 aromatic heterocycles. The van der Waals surface area contributed by atoms with Gasteiger partial charge in [-0.2, -0.15) is 0 Å². The van der Waals surface area contributed by atoms with Gasteiger partial charge in [0.15, 0.2) is 0 Å². The molecule has 13 heavy (non-hydrogen) atoms. The summed E-state index contributed by atoms with van der Waals surface area (Å²) in [7, 11) is 0. The van der Waals surface area contributed by atoms with E-state index >= 15 is 0 Å². The van der Waals surface area contributed by atoms with Gasteiger partial charge in [0, 0.05) is 13.0 Å². The second-order valence-corrected chi connectivity index (χ2v) is 3.04. The molecule has 1 aromatic rings. The molecule has 0 fully saturated rings. The highest BCUT2D eigenvalue weighted by atomic mass is 16.5. The van der Waals surface area contributed by atoms with Crippen molar-refractivity contribution in [1.29, 1.82) is 0 Å². The lowest BCUT2D eigenvalue weighted by Crippen LogP contribution is -1.97. The normalized spacial score (nSPS) is 10.2. The smallest absolute Gasteiger partial charge is 0.0541 e. The van der Waals surface area contributed by atoms with Gasteiger partial charge in [-0.1, -0.05) is 43.7 Å². The van der Waals surface area contributed by atoms with Crippen LogP contribution in [-0.4, -0.2) is 13.2 Å². The Hall–Kier alpha value is -0.820. The molecule has 0 aliphatic heterocycles. The molecule has 0 aliphatic rings. The molecule has 0 heterocycles. The zero-order valence-corrected chi connectivity index (χ0v) is 8.20. The Labute approximate surface area is 80.7 Å². The first-order valence-electron chi connectivity index (χ1n) is 4.89. The van der Waals surface area contributed by atoms with E-state index in [9.17, 15) is 0 Å². The van der Waals surface area contributed by atoms with Gasteiger partial charge in [-0.3, -0.25) is 0 Å². The second-order valence-electron chi connectivity index (χ2n) is 3.04. The van der Waals surface area contributed by atoms with Crippen molar-refractivity contribution in [3.63, 3.8) is 0 Å². The van der Waals surface area contributed by atoms with Gasteiger partial charge >= 0.3 is 0 Å². The number of rotatable bonds is 6. The van der Waals surface area contributed by atoms with Crippen LogP contribution in [0, 0.1) is 6.42 Å². The fourth-order valence-electron chi connectivity index (χ4n) is 1.07. The van der Waals surface area contributed by atoms with Crippen LogP contribution in [0.3, 0.4) is 0 Å². The summed E-state index contributed by atoms with van der Waals surface area (Å²) < 4.78 is 5.42. The Morgan fingerprint density at radius 1 is 1.23 bits per heavy atom. The predicted octanol–water partition coefficient (Wildman–Crippen LogP) is 3.06. The minimum Gasteiger partial charge on any atom is -0.381 e. The Kier molecular flexibility index (Phi) is 5.27. The summed E-state index contributed by atoms with van der Waals surface area (Å²) in [6.07, 6.45) is 4.46. The summed E-state index contributed by atoms with van der Waals surface area (Å²) in [5.41, 5.74) is 1.24. The van der Waals surface area contributed by atoms with Crippen LogP contribution in [0.25, 0.3) is 0 Å². The summed E-state index contributed by atoms with van der Waals surface area (Å²) in [4.78, 5) is 0. The Morgan fingerprint density at radius 2 is 2.00 bits per heavy atom. The predicted molar refractivity (Wildman–Crippen MR) is 55.6 cm³/mol. The number of benzene rings is 1. The van der Waals surface area contributed by atoms with E-state index in [1.54, 1.807) is 0 Å². The van der Waals surface area contributed by atoms with Crippen LogP contribution in [0.1, 0.15) is 25.3 Å². The van der Waals surface area contributed by atoms with Crippen molar-refractivity contribution in [3.05, 3.63) is 42.3 Å². The third-order valence-corrected chi connectivity index (χ3v) is 1.88. The van der Waals surface area contributed by atoms with Crippen LogP contribution in [0.4, 0.5) is 0 Å². The van der Waals surface area contributed by atoms with Crippen molar-refractivity contribution < 1.29 is 4.74 Å². The van der Waals surface area contributed by atoms with Crippen LogP contribution in [0.15, 0.2) is 30.3 Å². The average Bonchev–Trinajstić information content (AvgIpc) is 2.19. The first kappa shape index (κ1) is 10.3. The lowest BCUT2D eigenvalue weighted by Gasteiger charge is -2.02. The molecule has 71 valence electrons. The topological polar surface area (TPSA) is 9.23 Å². The highest BCUT2D eigenvalue weighted by Crippen LogP contribution is 2.01. The molecule has 1 heteroatoms. The summed E-state index contributed by atoms with van der Waals surface area (Å²) >= 11 is 0. The molecule has 1 rings (SSSR count). The van der Waals surface area contributed by atoms with Gasteiger partial charge in [0.2, 0.25) is 0 Å². The molecule has 0 saturated heterocycles. The highest BCUT2D eigenvalue weighted by Gasteiger charge is 1.91. The second kappa shape index (κ2) is 6.67. The van der Waals surface area contributed by atoms with Gasteiger partial charge in [-0.05, 0) is 12.0 Å². The molecule has 0 unspecified atom stereocenters. The van der Waals surface area contributed by atoms with Crippen molar-refractivity contribution in [2.45, 2.75) is 19.8 Å². The maximum absolute atomic E-state index is 5.42. The fourth-order valence-corrected chi connectivity index (χ4v) is 1.07. The zero-order chi connectivity index (χ0) is 9.36. The Balaban J connectivity index is 2.07. The summed E-state index contributed by atoms with van der Waals surface area (Å²) in [5.74, 6) is 0. The minimum atomic E-state index is 0.726. The number of ether oxygens (including phenoxy) is 1. The number of hydrogen-bond donors (Lipinski definition) is 0. The molecule has 0 aliphatic carbocycles. The molecule has 1 nitrogen and oxygen atoms in total. The van der Waals surface area contributed by atoms with E-state index in [1.807, 2.05) is 18.2 Å². The van der Waals surface area contributed by atoms with Crippen molar-refractivity contribution in [3.8, 4) is 0 Å². The first-order valence-corrected chi connectivity index (χ1v) is 4.89. The van der Waals surface area contributed by atoms with Gasteiger partial charge in [0.05, 0.1) is 6.61 Å². The molecule has 1 radical (unpaired) electrons. The van der Waals surface area contributed by atoms with E-state index in [2.05, 4.69) is 25.5 Å². The maximum atomic E-state index is 5.42. The molecule has 0 bridgehead atoms. The van der Waals surface area contributed by atoms with Crippen LogP contribution in [0.2, 0.25) is 0 Å². The van der Waals surface area contributed by atoms with Gasteiger partial charge in [-0.15, -0.1) is 0 Å². The Morgan fingerprint density at radius 3 is 2.69 bits per heavy atom. The van der Waals surface area contributed by atoms with E-state index in [-0.39, 0.29) is 0 Å². The van der Waals surface area contributed by atoms with E-state index in [1.165, 1.54) is 12.0 Å².